The van der Waals surface area contributed by atoms with E-state index in [1.54, 1.807) is 6.07 Å². The Kier molecular flexibility index (Phi) is 3.22. The molecule has 2 aromatic rings. The van der Waals surface area contributed by atoms with Gasteiger partial charge in [0.25, 0.3) is 5.91 Å². The van der Waals surface area contributed by atoms with E-state index in [2.05, 4.69) is 11.2 Å². The lowest BCUT2D eigenvalue weighted by molar-refractivity contribution is 0.0994. The Morgan fingerprint density at radius 1 is 1.38 bits per heavy atom. The third-order valence-electron chi connectivity index (χ3n) is 3.99. The summed E-state index contributed by atoms with van der Waals surface area (Å²) in [7, 11) is 0. The van der Waals surface area contributed by atoms with E-state index in [9.17, 15) is 4.79 Å². The molecule has 0 unspecified atom stereocenters. The molecule has 1 aromatic carbocycles. The first kappa shape index (κ1) is 13.4. The molecule has 5 heteroatoms. The summed E-state index contributed by atoms with van der Waals surface area (Å²) in [6, 6.07) is 7.72. The van der Waals surface area contributed by atoms with Crippen molar-refractivity contribution in [3.8, 4) is 11.8 Å². The third-order valence-corrected chi connectivity index (χ3v) is 3.99. The topological polar surface area (TPSA) is 84.7 Å². The van der Waals surface area contributed by atoms with E-state index in [4.69, 9.17) is 11.0 Å². The Hall–Kier alpha value is -2.61. The van der Waals surface area contributed by atoms with Gasteiger partial charge < -0.3 is 5.73 Å². The molecule has 5 nitrogen and oxygen atoms in total. The smallest absolute Gasteiger partial charge is 0.269 e. The average Bonchev–Trinajstić information content (AvgIpc) is 2.87. The summed E-state index contributed by atoms with van der Waals surface area (Å²) in [4.78, 5) is 11.6. The quantitative estimate of drug-likeness (QED) is 0.913. The number of amides is 1. The molecular weight excluding hydrogens is 264 g/mol. The van der Waals surface area contributed by atoms with E-state index >= 15 is 0 Å². The van der Waals surface area contributed by atoms with Crippen LogP contribution in [0.15, 0.2) is 18.2 Å². The average molecular weight is 280 g/mol. The van der Waals surface area contributed by atoms with Crippen LogP contribution in [0.5, 0.6) is 0 Å². The van der Waals surface area contributed by atoms with Gasteiger partial charge >= 0.3 is 0 Å². The number of benzene rings is 1. The monoisotopic (exact) mass is 280 g/mol. The van der Waals surface area contributed by atoms with Crippen LogP contribution in [0.4, 0.5) is 0 Å². The standard InChI is InChI=1S/C16H16N4O/c1-10-8-12(7-6-11(10)9-17)20-14-5-3-2-4-13(14)15(19-20)16(18)21/h6-8H,2-5H2,1H3,(H2,18,21). The molecule has 0 radical (unpaired) electrons. The number of carbonyl (C=O) groups excluding carboxylic acids is 1. The fraction of sp³-hybridized carbons (Fsp3) is 0.312. The van der Waals surface area contributed by atoms with Gasteiger partial charge in [-0.25, -0.2) is 4.68 Å². The summed E-state index contributed by atoms with van der Waals surface area (Å²) in [5.41, 5.74) is 10.3. The maximum atomic E-state index is 11.6. The molecule has 21 heavy (non-hydrogen) atoms. The lowest BCUT2D eigenvalue weighted by Crippen LogP contribution is -2.15. The van der Waals surface area contributed by atoms with Crippen LogP contribution in [0.1, 0.15) is 45.7 Å². The first-order valence-corrected chi connectivity index (χ1v) is 7.03. The van der Waals surface area contributed by atoms with Crippen molar-refractivity contribution in [2.75, 3.05) is 0 Å². The van der Waals surface area contributed by atoms with Crippen molar-refractivity contribution in [3.05, 3.63) is 46.3 Å². The van der Waals surface area contributed by atoms with E-state index in [0.717, 1.165) is 48.2 Å². The summed E-state index contributed by atoms with van der Waals surface area (Å²) < 4.78 is 1.81. The van der Waals surface area contributed by atoms with Gasteiger partial charge in [-0.15, -0.1) is 0 Å². The van der Waals surface area contributed by atoms with Crippen LogP contribution in [0.25, 0.3) is 5.69 Å². The number of nitrogens with two attached hydrogens (primary N) is 1. The van der Waals surface area contributed by atoms with E-state index in [-0.39, 0.29) is 0 Å². The maximum absolute atomic E-state index is 11.6. The van der Waals surface area contributed by atoms with Crippen molar-refractivity contribution >= 4 is 5.91 Å². The van der Waals surface area contributed by atoms with Crippen molar-refractivity contribution in [2.24, 2.45) is 5.73 Å². The predicted molar refractivity (Wildman–Crippen MR) is 78.2 cm³/mol. The molecule has 2 N–H and O–H groups in total. The summed E-state index contributed by atoms with van der Waals surface area (Å²) >= 11 is 0. The van der Waals surface area contributed by atoms with Gasteiger partial charge in [-0.3, -0.25) is 4.79 Å². The summed E-state index contributed by atoms with van der Waals surface area (Å²) in [5.74, 6) is -0.475. The molecule has 1 aliphatic rings. The summed E-state index contributed by atoms with van der Waals surface area (Å²) in [6.45, 7) is 1.90. The molecule has 0 fully saturated rings. The van der Waals surface area contributed by atoms with Gasteiger partial charge in [0.1, 0.15) is 0 Å². The Labute approximate surface area is 123 Å². The molecule has 1 aliphatic carbocycles. The number of aromatic nitrogens is 2. The van der Waals surface area contributed by atoms with Crippen LogP contribution in [0.2, 0.25) is 0 Å². The molecule has 0 atom stereocenters. The van der Waals surface area contributed by atoms with Gasteiger partial charge in [0.15, 0.2) is 5.69 Å². The second kappa shape index (κ2) is 5.06. The first-order valence-electron chi connectivity index (χ1n) is 7.03. The summed E-state index contributed by atoms with van der Waals surface area (Å²) in [5, 5.41) is 13.4. The number of nitrogens with zero attached hydrogens (tertiary/aromatic N) is 3. The minimum atomic E-state index is -0.475. The van der Waals surface area contributed by atoms with Gasteiger partial charge in [0, 0.05) is 11.3 Å². The zero-order valence-electron chi connectivity index (χ0n) is 11.9. The SMILES string of the molecule is Cc1cc(-n2nc(C(N)=O)c3c2CCCC3)ccc1C#N. The number of carbonyl (C=O) groups is 1. The largest absolute Gasteiger partial charge is 0.364 e. The van der Waals surface area contributed by atoms with E-state index in [1.165, 1.54) is 0 Å². The Morgan fingerprint density at radius 3 is 2.81 bits per heavy atom. The highest BCUT2D eigenvalue weighted by molar-refractivity contribution is 5.92. The van der Waals surface area contributed by atoms with Gasteiger partial charge in [-0.2, -0.15) is 10.4 Å². The van der Waals surface area contributed by atoms with Crippen molar-refractivity contribution in [3.63, 3.8) is 0 Å². The molecule has 106 valence electrons. The highest BCUT2D eigenvalue weighted by Crippen LogP contribution is 2.27. The Morgan fingerprint density at radius 2 is 2.14 bits per heavy atom. The van der Waals surface area contributed by atoms with Crippen molar-refractivity contribution in [1.29, 1.82) is 5.26 Å². The zero-order valence-corrected chi connectivity index (χ0v) is 11.9. The van der Waals surface area contributed by atoms with Gasteiger partial charge in [-0.1, -0.05) is 0 Å². The minimum absolute atomic E-state index is 0.381. The predicted octanol–water partition coefficient (Wildman–Crippen LogP) is 2.03. The maximum Gasteiger partial charge on any atom is 0.269 e. The first-order chi connectivity index (χ1) is 10.1. The number of hydrogen-bond acceptors (Lipinski definition) is 3. The second-order valence-electron chi connectivity index (χ2n) is 5.37. The highest BCUT2D eigenvalue weighted by Gasteiger charge is 2.24. The number of hydrogen-bond donors (Lipinski definition) is 1. The second-order valence-corrected chi connectivity index (χ2v) is 5.37. The number of aryl methyl sites for hydroxylation is 1. The van der Waals surface area contributed by atoms with Crippen LogP contribution in [0.3, 0.4) is 0 Å². The zero-order chi connectivity index (χ0) is 15.0. The molecule has 0 aliphatic heterocycles. The van der Waals surface area contributed by atoms with E-state index in [0.29, 0.717) is 11.3 Å². The van der Waals surface area contributed by atoms with E-state index in [1.807, 2.05) is 23.7 Å². The Balaban J connectivity index is 2.17. The van der Waals surface area contributed by atoms with Crippen LogP contribution >= 0.6 is 0 Å². The summed E-state index contributed by atoms with van der Waals surface area (Å²) in [6.07, 6.45) is 3.90. The van der Waals surface area contributed by atoms with Crippen molar-refractivity contribution < 1.29 is 4.79 Å². The molecule has 0 saturated heterocycles. The molecule has 0 spiro atoms. The van der Waals surface area contributed by atoms with Crippen LogP contribution in [-0.2, 0) is 12.8 Å². The van der Waals surface area contributed by atoms with Crippen LogP contribution in [0, 0.1) is 18.3 Å². The molecular formula is C16H16N4O. The number of primary amides is 1. The minimum Gasteiger partial charge on any atom is -0.364 e. The number of nitriles is 1. The number of fused-ring (bicyclic) bond motifs is 1. The normalized spacial score (nSPS) is 13.5. The van der Waals surface area contributed by atoms with E-state index < -0.39 is 5.91 Å². The number of rotatable bonds is 2. The third kappa shape index (κ3) is 2.19. The van der Waals surface area contributed by atoms with Crippen LogP contribution < -0.4 is 5.73 Å². The molecule has 3 rings (SSSR count). The Bertz CT molecular complexity index is 767. The molecule has 1 amide bonds. The molecule has 1 heterocycles. The fourth-order valence-electron chi connectivity index (χ4n) is 2.92. The molecule has 0 bridgehead atoms. The lowest BCUT2D eigenvalue weighted by atomic mass is 9.95. The van der Waals surface area contributed by atoms with Gasteiger partial charge in [0.05, 0.1) is 17.3 Å². The van der Waals surface area contributed by atoms with Crippen LogP contribution in [-0.4, -0.2) is 15.7 Å². The lowest BCUT2D eigenvalue weighted by Gasteiger charge is -2.14. The molecule has 1 aromatic heterocycles. The molecule has 0 saturated carbocycles. The fourth-order valence-corrected chi connectivity index (χ4v) is 2.92. The van der Waals surface area contributed by atoms with Crippen molar-refractivity contribution in [1.82, 2.24) is 9.78 Å². The van der Waals surface area contributed by atoms with Gasteiger partial charge in [-0.05, 0) is 56.4 Å². The van der Waals surface area contributed by atoms with Crippen molar-refractivity contribution in [2.45, 2.75) is 32.6 Å². The highest BCUT2D eigenvalue weighted by atomic mass is 16.1. The van der Waals surface area contributed by atoms with Gasteiger partial charge in [0.2, 0.25) is 0 Å².